The second-order valence-electron chi connectivity index (χ2n) is 4.84. The van der Waals surface area contributed by atoms with Crippen molar-refractivity contribution in [2.24, 2.45) is 0 Å². The molecule has 0 saturated carbocycles. The van der Waals surface area contributed by atoms with Gasteiger partial charge in [-0.1, -0.05) is 55.0 Å². The standard InChI is InChI=1S/C17H20N2S/c1-3-16(14-11-9-13(2)10-12-14)19-17(20)18-15-7-5-4-6-8-15/h4-12,16H,3H2,1-2H3,(H2,18,19,20)/t16-/m0/s1. The molecule has 0 unspecified atom stereocenters. The van der Waals surface area contributed by atoms with Crippen LogP contribution in [0, 0.1) is 6.92 Å². The third-order valence-electron chi connectivity index (χ3n) is 3.22. The summed E-state index contributed by atoms with van der Waals surface area (Å²) in [5.41, 5.74) is 3.53. The van der Waals surface area contributed by atoms with Crippen molar-refractivity contribution in [3.63, 3.8) is 0 Å². The number of hydrogen-bond acceptors (Lipinski definition) is 1. The molecule has 0 heterocycles. The van der Waals surface area contributed by atoms with Crippen molar-refractivity contribution in [2.45, 2.75) is 26.3 Å². The first-order valence-electron chi connectivity index (χ1n) is 6.88. The van der Waals surface area contributed by atoms with Gasteiger partial charge in [-0.2, -0.15) is 0 Å². The van der Waals surface area contributed by atoms with Crippen LogP contribution in [0.25, 0.3) is 0 Å². The average Bonchev–Trinajstić information content (AvgIpc) is 2.47. The molecule has 0 saturated heterocycles. The second kappa shape index (κ2) is 7.06. The minimum absolute atomic E-state index is 0.235. The Kier molecular flexibility index (Phi) is 5.13. The number of aryl methyl sites for hydroxylation is 1. The molecule has 0 amide bonds. The first-order chi connectivity index (χ1) is 9.69. The fourth-order valence-corrected chi connectivity index (χ4v) is 2.33. The van der Waals surface area contributed by atoms with E-state index in [0.29, 0.717) is 5.11 Å². The van der Waals surface area contributed by atoms with E-state index in [4.69, 9.17) is 12.2 Å². The summed E-state index contributed by atoms with van der Waals surface area (Å²) < 4.78 is 0. The molecule has 104 valence electrons. The molecule has 2 N–H and O–H groups in total. The molecule has 0 radical (unpaired) electrons. The maximum atomic E-state index is 5.38. The smallest absolute Gasteiger partial charge is 0.171 e. The Bertz CT molecular complexity index is 549. The van der Waals surface area contributed by atoms with Crippen LogP contribution < -0.4 is 10.6 Å². The normalized spacial score (nSPS) is 11.7. The molecule has 2 aromatic carbocycles. The first kappa shape index (κ1) is 14.5. The molecule has 0 aliphatic carbocycles. The minimum atomic E-state index is 0.235. The largest absolute Gasteiger partial charge is 0.356 e. The van der Waals surface area contributed by atoms with Gasteiger partial charge in [0, 0.05) is 5.69 Å². The van der Waals surface area contributed by atoms with E-state index in [9.17, 15) is 0 Å². The van der Waals surface area contributed by atoms with Crippen molar-refractivity contribution in [3.8, 4) is 0 Å². The summed E-state index contributed by atoms with van der Waals surface area (Å²) in [6.45, 7) is 4.25. The summed E-state index contributed by atoms with van der Waals surface area (Å²) in [5.74, 6) is 0. The zero-order valence-electron chi connectivity index (χ0n) is 11.9. The Morgan fingerprint density at radius 3 is 2.30 bits per heavy atom. The quantitative estimate of drug-likeness (QED) is 0.812. The number of benzene rings is 2. The van der Waals surface area contributed by atoms with E-state index in [1.54, 1.807) is 0 Å². The van der Waals surface area contributed by atoms with Crippen LogP contribution in [-0.4, -0.2) is 5.11 Å². The van der Waals surface area contributed by atoms with E-state index in [2.05, 4.69) is 48.7 Å². The van der Waals surface area contributed by atoms with E-state index >= 15 is 0 Å². The summed E-state index contributed by atoms with van der Waals surface area (Å²) in [7, 11) is 0. The van der Waals surface area contributed by atoms with Gasteiger partial charge in [0.15, 0.2) is 5.11 Å². The van der Waals surface area contributed by atoms with Crippen molar-refractivity contribution < 1.29 is 0 Å². The second-order valence-corrected chi connectivity index (χ2v) is 5.24. The molecule has 0 aliphatic heterocycles. The number of nitrogens with one attached hydrogen (secondary N) is 2. The van der Waals surface area contributed by atoms with Gasteiger partial charge in [-0.3, -0.25) is 0 Å². The van der Waals surface area contributed by atoms with Crippen molar-refractivity contribution in [1.82, 2.24) is 5.32 Å². The van der Waals surface area contributed by atoms with Gasteiger partial charge in [-0.05, 0) is 43.3 Å². The van der Waals surface area contributed by atoms with E-state index in [-0.39, 0.29) is 6.04 Å². The van der Waals surface area contributed by atoms with Crippen LogP contribution in [0.3, 0.4) is 0 Å². The first-order valence-corrected chi connectivity index (χ1v) is 7.29. The van der Waals surface area contributed by atoms with Gasteiger partial charge in [0.2, 0.25) is 0 Å². The van der Waals surface area contributed by atoms with Gasteiger partial charge < -0.3 is 10.6 Å². The fourth-order valence-electron chi connectivity index (χ4n) is 2.07. The van der Waals surface area contributed by atoms with E-state index in [0.717, 1.165) is 12.1 Å². The zero-order chi connectivity index (χ0) is 14.4. The number of hydrogen-bond donors (Lipinski definition) is 2. The maximum Gasteiger partial charge on any atom is 0.171 e. The van der Waals surface area contributed by atoms with E-state index in [1.165, 1.54) is 11.1 Å². The molecule has 0 spiro atoms. The highest BCUT2D eigenvalue weighted by atomic mass is 32.1. The molecule has 3 heteroatoms. The Morgan fingerprint density at radius 2 is 1.70 bits per heavy atom. The Balaban J connectivity index is 1.99. The van der Waals surface area contributed by atoms with Gasteiger partial charge >= 0.3 is 0 Å². The summed E-state index contributed by atoms with van der Waals surface area (Å²) in [5, 5.41) is 7.24. The summed E-state index contributed by atoms with van der Waals surface area (Å²) in [6.07, 6.45) is 0.986. The monoisotopic (exact) mass is 284 g/mol. The SMILES string of the molecule is CC[C@H](NC(=S)Nc1ccccc1)c1ccc(C)cc1. The van der Waals surface area contributed by atoms with Crippen molar-refractivity contribution in [3.05, 3.63) is 65.7 Å². The van der Waals surface area contributed by atoms with Crippen LogP contribution in [0.2, 0.25) is 0 Å². The highest BCUT2D eigenvalue weighted by Gasteiger charge is 2.10. The number of thiocarbonyl (C=S) groups is 1. The Morgan fingerprint density at radius 1 is 1.05 bits per heavy atom. The van der Waals surface area contributed by atoms with Crippen LogP contribution in [0.4, 0.5) is 5.69 Å². The Labute approximate surface area is 126 Å². The molecule has 2 aromatic rings. The predicted octanol–water partition coefficient (Wildman–Crippen LogP) is 4.43. The molecule has 0 fully saturated rings. The van der Waals surface area contributed by atoms with Crippen LogP contribution in [0.5, 0.6) is 0 Å². The third kappa shape index (κ3) is 4.07. The van der Waals surface area contributed by atoms with Gasteiger partial charge in [0.1, 0.15) is 0 Å². The molecule has 2 nitrogen and oxygen atoms in total. The molecule has 20 heavy (non-hydrogen) atoms. The minimum Gasteiger partial charge on any atom is -0.356 e. The molecule has 2 rings (SSSR count). The van der Waals surface area contributed by atoms with Crippen LogP contribution >= 0.6 is 12.2 Å². The lowest BCUT2D eigenvalue weighted by molar-refractivity contribution is 0.629. The van der Waals surface area contributed by atoms with Gasteiger partial charge in [-0.15, -0.1) is 0 Å². The van der Waals surface area contributed by atoms with Gasteiger partial charge in [0.25, 0.3) is 0 Å². The van der Waals surface area contributed by atoms with Gasteiger partial charge in [0.05, 0.1) is 6.04 Å². The molecular formula is C17H20N2S. The number of anilines is 1. The van der Waals surface area contributed by atoms with Crippen LogP contribution in [-0.2, 0) is 0 Å². The Hall–Kier alpha value is -1.87. The number of para-hydroxylation sites is 1. The lowest BCUT2D eigenvalue weighted by atomic mass is 10.0. The van der Waals surface area contributed by atoms with Crippen molar-refractivity contribution in [2.75, 3.05) is 5.32 Å². The highest BCUT2D eigenvalue weighted by Crippen LogP contribution is 2.17. The molecular weight excluding hydrogens is 264 g/mol. The molecule has 0 bridgehead atoms. The van der Waals surface area contributed by atoms with Crippen LogP contribution in [0.1, 0.15) is 30.5 Å². The summed E-state index contributed by atoms with van der Waals surface area (Å²) >= 11 is 5.38. The fraction of sp³-hybridized carbons (Fsp3) is 0.235. The highest BCUT2D eigenvalue weighted by molar-refractivity contribution is 7.80. The molecule has 0 aliphatic rings. The molecule has 1 atom stereocenters. The average molecular weight is 284 g/mol. The van der Waals surface area contributed by atoms with Crippen LogP contribution in [0.15, 0.2) is 54.6 Å². The topological polar surface area (TPSA) is 24.1 Å². The maximum absolute atomic E-state index is 5.38. The summed E-state index contributed by atoms with van der Waals surface area (Å²) in [6, 6.07) is 18.8. The predicted molar refractivity (Wildman–Crippen MR) is 90.0 cm³/mol. The van der Waals surface area contributed by atoms with Crippen molar-refractivity contribution in [1.29, 1.82) is 0 Å². The number of rotatable bonds is 4. The zero-order valence-corrected chi connectivity index (χ0v) is 12.7. The van der Waals surface area contributed by atoms with E-state index in [1.807, 2.05) is 30.3 Å². The molecule has 0 aromatic heterocycles. The van der Waals surface area contributed by atoms with E-state index < -0.39 is 0 Å². The lowest BCUT2D eigenvalue weighted by Crippen LogP contribution is -2.32. The third-order valence-corrected chi connectivity index (χ3v) is 3.44. The van der Waals surface area contributed by atoms with Crippen molar-refractivity contribution >= 4 is 23.0 Å². The lowest BCUT2D eigenvalue weighted by Gasteiger charge is -2.20. The van der Waals surface area contributed by atoms with Gasteiger partial charge in [-0.25, -0.2) is 0 Å². The summed E-state index contributed by atoms with van der Waals surface area (Å²) in [4.78, 5) is 0.